The lowest BCUT2D eigenvalue weighted by molar-refractivity contribution is -0.133. The molecule has 162 valence electrons. The lowest BCUT2D eigenvalue weighted by atomic mass is 9.87. The molecule has 0 saturated carbocycles. The third-order valence-corrected chi connectivity index (χ3v) is 6.16. The van der Waals surface area contributed by atoms with Crippen molar-refractivity contribution in [3.05, 3.63) is 70.9 Å². The third-order valence-electron chi connectivity index (χ3n) is 5.81. The molecule has 1 aliphatic rings. The highest BCUT2D eigenvalue weighted by Gasteiger charge is 2.29. The SMILES string of the molecule is CCOC(=O)N1CCN(C(=O)CC(c2ccccc2Cl)c2c[nH]c3ccccc23)CC1. The minimum atomic E-state index is -0.317. The summed E-state index contributed by atoms with van der Waals surface area (Å²) in [6.45, 7) is 4.10. The predicted molar refractivity (Wildman–Crippen MR) is 121 cm³/mol. The number of benzene rings is 2. The van der Waals surface area contributed by atoms with E-state index < -0.39 is 0 Å². The zero-order valence-corrected chi connectivity index (χ0v) is 18.3. The Morgan fingerprint density at radius 3 is 2.42 bits per heavy atom. The molecule has 0 radical (unpaired) electrons. The molecule has 2 heterocycles. The first-order valence-corrected chi connectivity index (χ1v) is 11.0. The van der Waals surface area contributed by atoms with Crippen LogP contribution in [-0.4, -0.2) is 59.6 Å². The van der Waals surface area contributed by atoms with E-state index in [-0.39, 0.29) is 17.9 Å². The number of hydrogen-bond acceptors (Lipinski definition) is 3. The number of H-pyrrole nitrogens is 1. The van der Waals surface area contributed by atoms with Crippen LogP contribution in [0, 0.1) is 0 Å². The number of rotatable bonds is 5. The predicted octanol–water partition coefficient (Wildman–Crippen LogP) is 4.64. The van der Waals surface area contributed by atoms with Gasteiger partial charge >= 0.3 is 6.09 Å². The Labute approximate surface area is 186 Å². The van der Waals surface area contributed by atoms with E-state index in [0.29, 0.717) is 44.2 Å². The van der Waals surface area contributed by atoms with Gasteiger partial charge in [-0.05, 0) is 30.2 Å². The number of amides is 2. The average molecular weight is 440 g/mol. The van der Waals surface area contributed by atoms with Crippen LogP contribution in [0.5, 0.6) is 0 Å². The molecule has 1 fully saturated rings. The summed E-state index contributed by atoms with van der Waals surface area (Å²) in [6.07, 6.45) is 1.97. The Bertz CT molecular complexity index is 1070. The molecule has 7 heteroatoms. The summed E-state index contributed by atoms with van der Waals surface area (Å²) in [5, 5.41) is 1.74. The summed E-state index contributed by atoms with van der Waals surface area (Å²) >= 11 is 6.55. The molecule has 0 bridgehead atoms. The number of hydrogen-bond donors (Lipinski definition) is 1. The maximum Gasteiger partial charge on any atom is 0.409 e. The monoisotopic (exact) mass is 439 g/mol. The van der Waals surface area contributed by atoms with Crippen LogP contribution < -0.4 is 0 Å². The van der Waals surface area contributed by atoms with Crippen molar-refractivity contribution in [2.24, 2.45) is 0 Å². The zero-order valence-electron chi connectivity index (χ0n) is 17.5. The number of carbonyl (C=O) groups is 2. The number of aromatic amines is 1. The molecule has 1 saturated heterocycles. The van der Waals surface area contributed by atoms with Gasteiger partial charge in [0.05, 0.1) is 6.61 Å². The first kappa shape index (κ1) is 21.2. The van der Waals surface area contributed by atoms with E-state index >= 15 is 0 Å². The van der Waals surface area contributed by atoms with Gasteiger partial charge in [0.1, 0.15) is 0 Å². The second-order valence-corrected chi connectivity index (χ2v) is 8.04. The van der Waals surface area contributed by atoms with Gasteiger partial charge in [-0.25, -0.2) is 4.79 Å². The van der Waals surface area contributed by atoms with E-state index in [1.54, 1.807) is 11.8 Å². The van der Waals surface area contributed by atoms with Crippen LogP contribution in [0.25, 0.3) is 10.9 Å². The van der Waals surface area contributed by atoms with Gasteiger partial charge in [0.15, 0.2) is 0 Å². The van der Waals surface area contributed by atoms with Crippen molar-refractivity contribution >= 4 is 34.5 Å². The maximum atomic E-state index is 13.3. The number of halogens is 1. The number of nitrogens with zero attached hydrogens (tertiary/aromatic N) is 2. The number of nitrogens with one attached hydrogen (secondary N) is 1. The van der Waals surface area contributed by atoms with Gasteiger partial charge in [0.25, 0.3) is 0 Å². The molecule has 1 N–H and O–H groups in total. The van der Waals surface area contributed by atoms with E-state index in [2.05, 4.69) is 11.1 Å². The molecule has 4 rings (SSSR count). The van der Waals surface area contributed by atoms with Crippen molar-refractivity contribution < 1.29 is 14.3 Å². The summed E-state index contributed by atoms with van der Waals surface area (Å²) in [5.74, 6) is -0.112. The molecule has 1 aliphatic heterocycles. The molecule has 1 atom stereocenters. The molecular formula is C24H26ClN3O3. The van der Waals surface area contributed by atoms with Crippen LogP contribution >= 0.6 is 11.6 Å². The normalized spacial score (nSPS) is 15.2. The Balaban J connectivity index is 1.56. The average Bonchev–Trinajstić information content (AvgIpc) is 3.22. The topological polar surface area (TPSA) is 65.6 Å². The van der Waals surface area contributed by atoms with Gasteiger partial charge < -0.3 is 19.5 Å². The van der Waals surface area contributed by atoms with Gasteiger partial charge in [-0.3, -0.25) is 4.79 Å². The molecular weight excluding hydrogens is 414 g/mol. The summed E-state index contributed by atoms with van der Waals surface area (Å²) in [7, 11) is 0. The lowest BCUT2D eigenvalue weighted by Gasteiger charge is -2.34. The fourth-order valence-corrected chi connectivity index (χ4v) is 4.45. The number of piperazine rings is 1. The third kappa shape index (κ3) is 4.54. The molecule has 2 aromatic carbocycles. The molecule has 2 amide bonds. The molecule has 6 nitrogen and oxygen atoms in total. The van der Waals surface area contributed by atoms with Gasteiger partial charge in [0, 0.05) is 60.6 Å². The zero-order chi connectivity index (χ0) is 21.8. The van der Waals surface area contributed by atoms with Gasteiger partial charge in [0.2, 0.25) is 5.91 Å². The van der Waals surface area contributed by atoms with Gasteiger partial charge in [-0.1, -0.05) is 48.0 Å². The van der Waals surface area contributed by atoms with E-state index in [1.807, 2.05) is 53.6 Å². The van der Waals surface area contributed by atoms with E-state index in [1.165, 1.54) is 0 Å². The highest BCUT2D eigenvalue weighted by Crippen LogP contribution is 2.37. The molecule has 0 spiro atoms. The van der Waals surface area contributed by atoms with Crippen molar-refractivity contribution in [1.29, 1.82) is 0 Å². The van der Waals surface area contributed by atoms with Crippen molar-refractivity contribution in [3.63, 3.8) is 0 Å². The van der Waals surface area contributed by atoms with Crippen LogP contribution in [0.15, 0.2) is 54.7 Å². The van der Waals surface area contributed by atoms with Crippen molar-refractivity contribution in [2.45, 2.75) is 19.3 Å². The van der Waals surface area contributed by atoms with E-state index in [4.69, 9.17) is 16.3 Å². The standard InChI is InChI=1S/C24H26ClN3O3/c1-2-31-24(30)28-13-11-27(12-14-28)23(29)15-19(17-7-3-5-9-21(17)25)20-16-26-22-10-6-4-8-18(20)22/h3-10,16,19,26H,2,11-15H2,1H3. The van der Waals surface area contributed by atoms with Gasteiger partial charge in [-0.2, -0.15) is 0 Å². The van der Waals surface area contributed by atoms with Gasteiger partial charge in [-0.15, -0.1) is 0 Å². The van der Waals surface area contributed by atoms with Crippen molar-refractivity contribution in [2.75, 3.05) is 32.8 Å². The number of carbonyl (C=O) groups excluding carboxylic acids is 2. The van der Waals surface area contributed by atoms with Crippen LogP contribution in [0.3, 0.4) is 0 Å². The highest BCUT2D eigenvalue weighted by atomic mass is 35.5. The highest BCUT2D eigenvalue weighted by molar-refractivity contribution is 6.31. The minimum absolute atomic E-state index is 0.0544. The number of ether oxygens (including phenoxy) is 1. The number of aromatic nitrogens is 1. The van der Waals surface area contributed by atoms with Crippen molar-refractivity contribution in [1.82, 2.24) is 14.8 Å². The number of para-hydroxylation sites is 1. The molecule has 1 aromatic heterocycles. The summed E-state index contributed by atoms with van der Waals surface area (Å²) in [4.78, 5) is 32.0. The Morgan fingerprint density at radius 1 is 1.00 bits per heavy atom. The summed E-state index contributed by atoms with van der Waals surface area (Å²) < 4.78 is 5.07. The first-order valence-electron chi connectivity index (χ1n) is 10.6. The first-order chi connectivity index (χ1) is 15.1. The fraction of sp³-hybridized carbons (Fsp3) is 0.333. The lowest BCUT2D eigenvalue weighted by Crippen LogP contribution is -2.50. The second-order valence-electron chi connectivity index (χ2n) is 7.63. The minimum Gasteiger partial charge on any atom is -0.450 e. The molecule has 1 unspecified atom stereocenters. The number of fused-ring (bicyclic) bond motifs is 1. The van der Waals surface area contributed by atoms with Crippen LogP contribution in [0.2, 0.25) is 5.02 Å². The second kappa shape index (κ2) is 9.43. The van der Waals surface area contributed by atoms with E-state index in [9.17, 15) is 9.59 Å². The Kier molecular flexibility index (Phi) is 6.47. The van der Waals surface area contributed by atoms with Crippen LogP contribution in [0.1, 0.15) is 30.4 Å². The molecule has 3 aromatic rings. The van der Waals surface area contributed by atoms with Crippen molar-refractivity contribution in [3.8, 4) is 0 Å². The summed E-state index contributed by atoms with van der Waals surface area (Å²) in [6, 6.07) is 15.8. The quantitative estimate of drug-likeness (QED) is 0.629. The molecule has 0 aliphatic carbocycles. The van der Waals surface area contributed by atoms with Crippen LogP contribution in [-0.2, 0) is 9.53 Å². The Morgan fingerprint density at radius 2 is 1.68 bits per heavy atom. The van der Waals surface area contributed by atoms with E-state index in [0.717, 1.165) is 22.0 Å². The largest absolute Gasteiger partial charge is 0.450 e. The maximum absolute atomic E-state index is 13.3. The smallest absolute Gasteiger partial charge is 0.409 e. The summed E-state index contributed by atoms with van der Waals surface area (Å²) in [5.41, 5.74) is 3.03. The Hall–Kier alpha value is -2.99. The van der Waals surface area contributed by atoms with Crippen LogP contribution in [0.4, 0.5) is 4.79 Å². The molecule has 31 heavy (non-hydrogen) atoms. The fourth-order valence-electron chi connectivity index (χ4n) is 4.18.